The molecule has 0 radical (unpaired) electrons. The Morgan fingerprint density at radius 1 is 0.947 bits per heavy atom. The second kappa shape index (κ2) is 4.61. The maximum atomic E-state index is 5.97. The van der Waals surface area contributed by atoms with E-state index in [0.717, 1.165) is 27.8 Å². The predicted molar refractivity (Wildman–Crippen MR) is 77.4 cm³/mol. The van der Waals surface area contributed by atoms with Gasteiger partial charge in [-0.25, -0.2) is 4.98 Å². The largest absolute Gasteiger partial charge is 0.438 e. The van der Waals surface area contributed by atoms with E-state index in [2.05, 4.69) is 4.98 Å². The van der Waals surface area contributed by atoms with Gasteiger partial charge in [-0.3, -0.25) is 0 Å². The maximum Gasteiger partial charge on any atom is 0.219 e. The van der Waals surface area contributed by atoms with Gasteiger partial charge >= 0.3 is 0 Å². The summed E-state index contributed by atoms with van der Waals surface area (Å²) < 4.78 is 5.83. The monoisotopic (exact) mass is 250 g/mol. The normalized spacial score (nSPS) is 10.6. The summed E-state index contributed by atoms with van der Waals surface area (Å²) in [7, 11) is 0. The second-order valence-electron chi connectivity index (χ2n) is 4.47. The van der Waals surface area contributed by atoms with Crippen LogP contribution < -0.4 is 10.5 Å². The first-order valence-electron chi connectivity index (χ1n) is 6.12. The van der Waals surface area contributed by atoms with Crippen molar-refractivity contribution in [3.8, 4) is 11.6 Å². The molecule has 0 saturated carbocycles. The van der Waals surface area contributed by atoms with Crippen LogP contribution in [0.1, 0.15) is 5.56 Å². The molecule has 1 aromatic heterocycles. The number of aromatic nitrogens is 1. The molecule has 0 spiro atoms. The third kappa shape index (κ3) is 2.22. The highest BCUT2D eigenvalue weighted by Crippen LogP contribution is 2.32. The highest BCUT2D eigenvalue weighted by Gasteiger charge is 2.06. The molecule has 0 bridgehead atoms. The molecule has 19 heavy (non-hydrogen) atoms. The third-order valence-corrected chi connectivity index (χ3v) is 3.02. The number of pyridine rings is 1. The topological polar surface area (TPSA) is 48.1 Å². The van der Waals surface area contributed by atoms with Crippen molar-refractivity contribution in [1.82, 2.24) is 4.98 Å². The van der Waals surface area contributed by atoms with Crippen LogP contribution in [0, 0.1) is 6.92 Å². The van der Waals surface area contributed by atoms with Gasteiger partial charge < -0.3 is 10.5 Å². The molecule has 0 aliphatic rings. The molecule has 2 aromatic carbocycles. The van der Waals surface area contributed by atoms with E-state index < -0.39 is 0 Å². The Hall–Kier alpha value is -2.55. The average molecular weight is 250 g/mol. The van der Waals surface area contributed by atoms with Gasteiger partial charge in [-0.1, -0.05) is 30.3 Å². The van der Waals surface area contributed by atoms with E-state index in [-0.39, 0.29) is 0 Å². The average Bonchev–Trinajstić information content (AvgIpc) is 2.45. The van der Waals surface area contributed by atoms with Crippen molar-refractivity contribution in [2.24, 2.45) is 0 Å². The van der Waals surface area contributed by atoms with Crippen molar-refractivity contribution < 1.29 is 4.74 Å². The molecule has 0 aliphatic heterocycles. The van der Waals surface area contributed by atoms with Gasteiger partial charge in [0.15, 0.2) is 0 Å². The molecule has 0 atom stereocenters. The van der Waals surface area contributed by atoms with Gasteiger partial charge in [0.2, 0.25) is 5.88 Å². The minimum Gasteiger partial charge on any atom is -0.438 e. The molecule has 0 unspecified atom stereocenters. The second-order valence-corrected chi connectivity index (χ2v) is 4.47. The Morgan fingerprint density at radius 3 is 2.47 bits per heavy atom. The van der Waals surface area contributed by atoms with Crippen molar-refractivity contribution in [1.29, 1.82) is 0 Å². The first kappa shape index (κ1) is 11.5. The van der Waals surface area contributed by atoms with Gasteiger partial charge in [-0.2, -0.15) is 0 Å². The zero-order valence-electron chi connectivity index (χ0n) is 10.6. The number of hydrogen-bond acceptors (Lipinski definition) is 3. The molecule has 94 valence electrons. The maximum absolute atomic E-state index is 5.97. The quantitative estimate of drug-likeness (QED) is 0.701. The van der Waals surface area contributed by atoms with E-state index in [0.29, 0.717) is 5.88 Å². The number of benzene rings is 2. The third-order valence-electron chi connectivity index (χ3n) is 3.02. The Bertz CT molecular complexity index is 720. The van der Waals surface area contributed by atoms with Gasteiger partial charge in [0.1, 0.15) is 5.75 Å². The van der Waals surface area contributed by atoms with Crippen molar-refractivity contribution >= 4 is 16.5 Å². The molecule has 3 aromatic rings. The highest BCUT2D eigenvalue weighted by molar-refractivity contribution is 5.97. The number of nitrogens with zero attached hydrogens (tertiary/aromatic N) is 1. The highest BCUT2D eigenvalue weighted by atomic mass is 16.5. The standard InChI is InChI=1S/C16H14N2O/c1-11-6-9-16(18-10-11)19-15-8-7-14(17)12-4-2-3-5-13(12)15/h2-10H,17H2,1H3. The first-order valence-corrected chi connectivity index (χ1v) is 6.12. The van der Waals surface area contributed by atoms with Crippen molar-refractivity contribution in [3.05, 3.63) is 60.3 Å². The van der Waals surface area contributed by atoms with Crippen molar-refractivity contribution in [2.75, 3.05) is 5.73 Å². The Morgan fingerprint density at radius 2 is 1.74 bits per heavy atom. The fraction of sp³-hybridized carbons (Fsp3) is 0.0625. The number of nitrogen functional groups attached to an aromatic ring is 1. The minimum absolute atomic E-state index is 0.584. The summed E-state index contributed by atoms with van der Waals surface area (Å²) >= 11 is 0. The molecule has 0 fully saturated rings. The first-order chi connectivity index (χ1) is 9.24. The van der Waals surface area contributed by atoms with Crippen molar-refractivity contribution in [3.63, 3.8) is 0 Å². The lowest BCUT2D eigenvalue weighted by Gasteiger charge is -2.09. The fourth-order valence-corrected chi connectivity index (χ4v) is 2.01. The summed E-state index contributed by atoms with van der Waals surface area (Å²) in [5, 5.41) is 1.98. The van der Waals surface area contributed by atoms with Gasteiger partial charge in [-0.15, -0.1) is 0 Å². The van der Waals surface area contributed by atoms with Crippen LogP contribution in [0.25, 0.3) is 10.8 Å². The lowest BCUT2D eigenvalue weighted by atomic mass is 10.1. The van der Waals surface area contributed by atoms with E-state index in [1.807, 2.05) is 55.5 Å². The van der Waals surface area contributed by atoms with Crippen molar-refractivity contribution in [2.45, 2.75) is 6.92 Å². The van der Waals surface area contributed by atoms with Crippen LogP contribution in [-0.2, 0) is 0 Å². The summed E-state index contributed by atoms with van der Waals surface area (Å²) in [6.45, 7) is 2.00. The molecular weight excluding hydrogens is 236 g/mol. The lowest BCUT2D eigenvalue weighted by molar-refractivity contribution is 0.468. The van der Waals surface area contributed by atoms with Crippen LogP contribution >= 0.6 is 0 Å². The van der Waals surface area contributed by atoms with Crippen LogP contribution in [0.4, 0.5) is 5.69 Å². The molecule has 3 rings (SSSR count). The van der Waals surface area contributed by atoms with Gasteiger partial charge in [0.05, 0.1) is 0 Å². The number of anilines is 1. The van der Waals surface area contributed by atoms with Crippen LogP contribution in [0.2, 0.25) is 0 Å². The summed E-state index contributed by atoms with van der Waals surface area (Å²) in [6.07, 6.45) is 1.79. The van der Waals surface area contributed by atoms with E-state index >= 15 is 0 Å². The molecular formula is C16H14N2O. The minimum atomic E-state index is 0.584. The molecule has 0 aliphatic carbocycles. The Labute approximate surface area is 111 Å². The van der Waals surface area contributed by atoms with E-state index in [1.165, 1.54) is 0 Å². The van der Waals surface area contributed by atoms with Crippen LogP contribution in [0.5, 0.6) is 11.6 Å². The zero-order valence-corrected chi connectivity index (χ0v) is 10.6. The van der Waals surface area contributed by atoms with E-state index in [9.17, 15) is 0 Å². The molecule has 0 amide bonds. The fourth-order valence-electron chi connectivity index (χ4n) is 2.01. The summed E-state index contributed by atoms with van der Waals surface area (Å²) in [5.41, 5.74) is 7.82. The molecule has 2 N–H and O–H groups in total. The Kier molecular flexibility index (Phi) is 2.80. The summed E-state index contributed by atoms with van der Waals surface area (Å²) in [5.74, 6) is 1.35. The number of rotatable bonds is 2. The molecule has 0 saturated heterocycles. The number of nitrogens with two attached hydrogens (primary N) is 1. The number of fused-ring (bicyclic) bond motifs is 1. The lowest BCUT2D eigenvalue weighted by Crippen LogP contribution is -1.92. The SMILES string of the molecule is Cc1ccc(Oc2ccc(N)c3ccccc23)nc1. The molecule has 3 heteroatoms. The smallest absolute Gasteiger partial charge is 0.219 e. The van der Waals surface area contributed by atoms with Crippen LogP contribution in [-0.4, -0.2) is 4.98 Å². The van der Waals surface area contributed by atoms with Crippen LogP contribution in [0.3, 0.4) is 0 Å². The van der Waals surface area contributed by atoms with Gasteiger partial charge in [-0.05, 0) is 24.6 Å². The van der Waals surface area contributed by atoms with E-state index in [1.54, 1.807) is 6.20 Å². The summed E-state index contributed by atoms with van der Waals surface area (Å²) in [4.78, 5) is 4.25. The summed E-state index contributed by atoms with van der Waals surface area (Å²) in [6, 6.07) is 15.5. The van der Waals surface area contributed by atoms with Gasteiger partial charge in [0.25, 0.3) is 0 Å². The number of hydrogen-bond donors (Lipinski definition) is 1. The number of ether oxygens (including phenoxy) is 1. The zero-order chi connectivity index (χ0) is 13.2. The predicted octanol–water partition coefficient (Wildman–Crippen LogP) is 3.92. The Balaban J connectivity index is 2.06. The van der Waals surface area contributed by atoms with Crippen LogP contribution in [0.15, 0.2) is 54.7 Å². The van der Waals surface area contributed by atoms with Gasteiger partial charge in [0, 0.05) is 28.7 Å². The molecule has 1 heterocycles. The molecule has 3 nitrogen and oxygen atoms in total. The number of aryl methyl sites for hydroxylation is 1. The van der Waals surface area contributed by atoms with E-state index in [4.69, 9.17) is 10.5 Å².